The molecule has 0 saturated carbocycles. The molecule has 0 spiro atoms. The maximum Gasteiger partial charge on any atom is 0.258 e. The second kappa shape index (κ2) is 2.43. The number of alkyl halides is 3. The van der Waals surface area contributed by atoms with Crippen LogP contribution in [-0.2, 0) is 0 Å². The normalized spacial score (nSPS) is 12.0. The third-order valence-electron chi connectivity index (χ3n) is 0.107. The molecule has 0 aliphatic heterocycles. The first-order valence-electron chi connectivity index (χ1n) is 1.01. The monoisotopic (exact) mass is 167 g/mol. The third kappa shape index (κ3) is 5.12. The molecule has 0 unspecified atom stereocenters. The topological polar surface area (TPSA) is 12.0 Å². The summed E-state index contributed by atoms with van der Waals surface area (Å²) in [6, 6.07) is 0. The molecule has 1 nitrogen and oxygen atoms in total. The van der Waals surface area contributed by atoms with E-state index in [4.69, 9.17) is 46.6 Å². The second-order valence-electron chi connectivity index (χ2n) is 0.592. The summed E-state index contributed by atoms with van der Waals surface area (Å²) in [7, 11) is 0. The van der Waals surface area contributed by atoms with Crippen LogP contribution in [0.2, 0.25) is 0 Å². The minimum atomic E-state index is -1.53. The molecule has 0 amide bonds. The van der Waals surface area contributed by atoms with Crippen molar-refractivity contribution in [2.75, 3.05) is 0 Å². The quantitative estimate of drug-likeness (QED) is 0.332. The number of rotatable bonds is 0. The molecule has 0 bridgehead atoms. The summed E-state index contributed by atoms with van der Waals surface area (Å²) in [6.45, 7) is 0. The predicted octanol–water partition coefficient (Wildman–Crippen LogP) is 2.06. The van der Waals surface area contributed by atoms with Crippen molar-refractivity contribution < 1.29 is 0 Å². The fraction of sp³-hybridized carbons (Fsp3) is 1.00. The van der Waals surface area contributed by atoms with E-state index in [1.165, 1.54) is 0 Å². The van der Waals surface area contributed by atoms with Crippen LogP contribution in [0.15, 0.2) is 0 Å². The van der Waals surface area contributed by atoms with Gasteiger partial charge in [-0.15, -0.1) is 0 Å². The SMILES string of the molecule is ClNC(Cl)(Cl)Cl. The van der Waals surface area contributed by atoms with Gasteiger partial charge >= 0.3 is 0 Å². The van der Waals surface area contributed by atoms with Crippen molar-refractivity contribution in [3.63, 3.8) is 0 Å². The van der Waals surface area contributed by atoms with Gasteiger partial charge in [-0.25, -0.2) is 0 Å². The molecule has 0 rings (SSSR count). The van der Waals surface area contributed by atoms with Crippen LogP contribution in [0.4, 0.5) is 0 Å². The Labute approximate surface area is 55.6 Å². The lowest BCUT2D eigenvalue weighted by Crippen LogP contribution is -2.16. The molecule has 0 heterocycles. The van der Waals surface area contributed by atoms with Crippen molar-refractivity contribution in [1.82, 2.24) is 4.84 Å². The molecule has 1 N–H and O–H groups in total. The average molecular weight is 169 g/mol. The van der Waals surface area contributed by atoms with E-state index in [1.54, 1.807) is 0 Å². The van der Waals surface area contributed by atoms with E-state index < -0.39 is 3.92 Å². The lowest BCUT2D eigenvalue weighted by Gasteiger charge is -2.02. The van der Waals surface area contributed by atoms with Crippen LogP contribution in [-0.4, -0.2) is 3.92 Å². The van der Waals surface area contributed by atoms with Gasteiger partial charge in [0.25, 0.3) is 3.92 Å². The van der Waals surface area contributed by atoms with Gasteiger partial charge in [0.05, 0.1) is 0 Å². The van der Waals surface area contributed by atoms with E-state index in [0.717, 1.165) is 0 Å². The van der Waals surface area contributed by atoms with E-state index in [-0.39, 0.29) is 0 Å². The lowest BCUT2D eigenvalue weighted by molar-refractivity contribution is 1.04. The maximum absolute atomic E-state index is 5.01. The first-order valence-corrected chi connectivity index (χ1v) is 2.52. The Hall–Kier alpha value is 1.12. The standard InChI is InChI=1S/CHCl4N/c2-1(3,4)6-5/h6H. The first kappa shape index (κ1) is 7.12. The van der Waals surface area contributed by atoms with Gasteiger partial charge in [0.15, 0.2) is 0 Å². The van der Waals surface area contributed by atoms with E-state index in [0.29, 0.717) is 0 Å². The van der Waals surface area contributed by atoms with Crippen molar-refractivity contribution in [3.05, 3.63) is 0 Å². The Morgan fingerprint density at radius 3 is 1.33 bits per heavy atom. The van der Waals surface area contributed by atoms with E-state index in [1.807, 2.05) is 4.84 Å². The molecular weight excluding hydrogens is 168 g/mol. The fourth-order valence-electron chi connectivity index (χ4n) is 0. The Bertz CT molecular complexity index is 37.3. The molecule has 6 heavy (non-hydrogen) atoms. The fourth-order valence-corrected chi connectivity index (χ4v) is 0. The van der Waals surface area contributed by atoms with Crippen molar-refractivity contribution in [1.29, 1.82) is 0 Å². The first-order chi connectivity index (χ1) is 2.56. The average Bonchev–Trinajstić information content (AvgIpc) is 1.35. The summed E-state index contributed by atoms with van der Waals surface area (Å²) in [5.41, 5.74) is 0. The Morgan fingerprint density at radius 1 is 1.17 bits per heavy atom. The van der Waals surface area contributed by atoms with Crippen LogP contribution in [0.3, 0.4) is 0 Å². The zero-order valence-corrected chi connectivity index (χ0v) is 5.54. The van der Waals surface area contributed by atoms with Gasteiger partial charge in [-0.1, -0.05) is 34.8 Å². The highest BCUT2D eigenvalue weighted by Crippen LogP contribution is 2.21. The Kier molecular flexibility index (Phi) is 2.89. The van der Waals surface area contributed by atoms with Crippen LogP contribution in [0, 0.1) is 0 Å². The number of halogens is 4. The lowest BCUT2D eigenvalue weighted by atomic mass is 11.5. The highest BCUT2D eigenvalue weighted by atomic mass is 35.6. The minimum absolute atomic E-state index is 1.53. The largest absolute Gasteiger partial charge is 0.258 e. The predicted molar refractivity (Wildman–Crippen MR) is 29.3 cm³/mol. The number of nitrogens with one attached hydrogen (secondary N) is 1. The molecule has 5 heteroatoms. The highest BCUT2D eigenvalue weighted by molar-refractivity contribution is 6.68. The molecule has 0 saturated heterocycles. The Morgan fingerprint density at radius 2 is 1.33 bits per heavy atom. The zero-order chi connectivity index (χ0) is 5.21. The molecule has 0 radical (unpaired) electrons. The smallest absolute Gasteiger partial charge is 0.186 e. The van der Waals surface area contributed by atoms with Crippen LogP contribution in [0.25, 0.3) is 0 Å². The minimum Gasteiger partial charge on any atom is -0.186 e. The summed E-state index contributed by atoms with van der Waals surface area (Å²) in [6.07, 6.45) is 0. The van der Waals surface area contributed by atoms with Gasteiger partial charge in [-0.05, 0) is 11.8 Å². The van der Waals surface area contributed by atoms with E-state index >= 15 is 0 Å². The summed E-state index contributed by atoms with van der Waals surface area (Å²) >= 11 is 19.8. The van der Waals surface area contributed by atoms with Crippen LogP contribution >= 0.6 is 46.6 Å². The van der Waals surface area contributed by atoms with Gasteiger partial charge in [-0.2, -0.15) is 4.84 Å². The second-order valence-corrected chi connectivity index (χ2v) is 3.06. The van der Waals surface area contributed by atoms with Gasteiger partial charge in [0, 0.05) is 0 Å². The molecule has 0 aliphatic carbocycles. The van der Waals surface area contributed by atoms with E-state index in [9.17, 15) is 0 Å². The number of hydrogen-bond acceptors (Lipinski definition) is 1. The van der Waals surface area contributed by atoms with Crippen LogP contribution in [0.5, 0.6) is 0 Å². The molecule has 0 aromatic rings. The Balaban J connectivity index is 3.17. The molecule has 38 valence electrons. The molecule has 0 atom stereocenters. The van der Waals surface area contributed by atoms with Gasteiger partial charge in [-0.3, -0.25) is 0 Å². The molecule has 0 aromatic heterocycles. The molecule has 0 fully saturated rings. The van der Waals surface area contributed by atoms with Crippen molar-refractivity contribution in [2.24, 2.45) is 0 Å². The summed E-state index contributed by atoms with van der Waals surface area (Å²) < 4.78 is -1.53. The van der Waals surface area contributed by atoms with Crippen molar-refractivity contribution in [2.45, 2.75) is 3.92 Å². The third-order valence-corrected chi connectivity index (χ3v) is 0.964. The van der Waals surface area contributed by atoms with Crippen molar-refractivity contribution in [3.8, 4) is 0 Å². The highest BCUT2D eigenvalue weighted by Gasteiger charge is 2.15. The van der Waals surface area contributed by atoms with Crippen molar-refractivity contribution >= 4 is 46.6 Å². The molecule has 0 aliphatic rings. The molecular formula is CHCl4N. The van der Waals surface area contributed by atoms with Crippen LogP contribution in [0.1, 0.15) is 0 Å². The number of hydrogen-bond donors (Lipinski definition) is 1. The maximum atomic E-state index is 5.01. The van der Waals surface area contributed by atoms with Gasteiger partial charge in [0.2, 0.25) is 0 Å². The summed E-state index contributed by atoms with van der Waals surface area (Å²) in [4.78, 5) is 1.87. The zero-order valence-electron chi connectivity index (χ0n) is 2.51. The van der Waals surface area contributed by atoms with Crippen LogP contribution < -0.4 is 4.84 Å². The van der Waals surface area contributed by atoms with Gasteiger partial charge in [0.1, 0.15) is 0 Å². The van der Waals surface area contributed by atoms with Gasteiger partial charge < -0.3 is 0 Å². The van der Waals surface area contributed by atoms with E-state index in [2.05, 4.69) is 0 Å². The molecule has 0 aromatic carbocycles. The summed E-state index contributed by atoms with van der Waals surface area (Å²) in [5, 5.41) is 0. The summed E-state index contributed by atoms with van der Waals surface area (Å²) in [5.74, 6) is 0.